The van der Waals surface area contributed by atoms with Crippen LogP contribution in [0.4, 0.5) is 4.79 Å². The largest absolute Gasteiger partial charge is 0.478 e. The molecule has 0 unspecified atom stereocenters. The van der Waals surface area contributed by atoms with Gasteiger partial charge in [0.25, 0.3) is 0 Å². The number of carbonyl (C=O) groups excluding carboxylic acids is 1. The first kappa shape index (κ1) is 17.6. The highest BCUT2D eigenvalue weighted by Crippen LogP contribution is 2.31. The summed E-state index contributed by atoms with van der Waals surface area (Å²) in [7, 11) is 0. The van der Waals surface area contributed by atoms with E-state index >= 15 is 0 Å². The van der Waals surface area contributed by atoms with Gasteiger partial charge >= 0.3 is 12.1 Å². The summed E-state index contributed by atoms with van der Waals surface area (Å²) in [5.74, 6) is -0.989. The standard InChI is InChI=1S/C16H17Cl2NO4/c1-2-23-16(22)19-7-3-4-11(15(20)21)12(9-19)10-5-6-13(17)14(18)8-10/h5-6,8H,2-4,7,9H2,1H3,(H,20,21). The molecule has 1 aromatic rings. The van der Waals surface area contributed by atoms with Gasteiger partial charge in [-0.15, -0.1) is 0 Å². The van der Waals surface area contributed by atoms with Crippen LogP contribution in [-0.2, 0) is 9.53 Å². The van der Waals surface area contributed by atoms with Crippen molar-refractivity contribution < 1.29 is 19.4 Å². The Kier molecular flexibility index (Phi) is 5.91. The minimum Gasteiger partial charge on any atom is -0.478 e. The molecule has 0 saturated heterocycles. The second-order valence-electron chi connectivity index (χ2n) is 5.12. The van der Waals surface area contributed by atoms with Gasteiger partial charge in [0.2, 0.25) is 0 Å². The Morgan fingerprint density at radius 3 is 2.65 bits per heavy atom. The van der Waals surface area contributed by atoms with Crippen molar-refractivity contribution in [1.29, 1.82) is 0 Å². The van der Waals surface area contributed by atoms with Gasteiger partial charge in [-0.3, -0.25) is 0 Å². The molecule has 23 heavy (non-hydrogen) atoms. The van der Waals surface area contributed by atoms with Crippen molar-refractivity contribution in [2.75, 3.05) is 19.7 Å². The number of amides is 1. The number of carbonyl (C=O) groups is 2. The molecule has 1 heterocycles. The van der Waals surface area contributed by atoms with E-state index in [1.54, 1.807) is 25.1 Å². The van der Waals surface area contributed by atoms with Crippen LogP contribution in [0.5, 0.6) is 0 Å². The molecular weight excluding hydrogens is 341 g/mol. The first-order valence-electron chi connectivity index (χ1n) is 7.26. The third-order valence-corrected chi connectivity index (χ3v) is 4.36. The topological polar surface area (TPSA) is 66.8 Å². The van der Waals surface area contributed by atoms with Crippen molar-refractivity contribution in [2.45, 2.75) is 19.8 Å². The Balaban J connectivity index is 2.44. The third-order valence-electron chi connectivity index (χ3n) is 3.62. The molecule has 0 radical (unpaired) electrons. The Morgan fingerprint density at radius 2 is 2.04 bits per heavy atom. The predicted molar refractivity (Wildman–Crippen MR) is 88.8 cm³/mol. The number of hydrogen-bond donors (Lipinski definition) is 1. The zero-order valence-corrected chi connectivity index (χ0v) is 14.2. The molecule has 0 atom stereocenters. The molecule has 1 aromatic carbocycles. The van der Waals surface area contributed by atoms with Gasteiger partial charge in [0.05, 0.1) is 23.2 Å². The van der Waals surface area contributed by atoms with Crippen molar-refractivity contribution in [3.8, 4) is 0 Å². The maximum atomic E-state index is 12.0. The number of halogens is 2. The van der Waals surface area contributed by atoms with Gasteiger partial charge in [0, 0.05) is 12.1 Å². The summed E-state index contributed by atoms with van der Waals surface area (Å²) >= 11 is 12.0. The lowest BCUT2D eigenvalue weighted by molar-refractivity contribution is -0.132. The summed E-state index contributed by atoms with van der Waals surface area (Å²) in [4.78, 5) is 25.1. The van der Waals surface area contributed by atoms with Gasteiger partial charge in [-0.1, -0.05) is 29.3 Å². The van der Waals surface area contributed by atoms with Gasteiger partial charge in [0.15, 0.2) is 0 Å². The van der Waals surface area contributed by atoms with Gasteiger partial charge < -0.3 is 14.7 Å². The van der Waals surface area contributed by atoms with Crippen molar-refractivity contribution in [2.24, 2.45) is 0 Å². The fourth-order valence-electron chi connectivity index (χ4n) is 2.52. The third kappa shape index (κ3) is 4.18. The molecule has 1 aliphatic heterocycles. The Hall–Kier alpha value is -1.72. The van der Waals surface area contributed by atoms with Gasteiger partial charge in [-0.2, -0.15) is 0 Å². The van der Waals surface area contributed by atoms with E-state index in [1.165, 1.54) is 4.90 Å². The van der Waals surface area contributed by atoms with Crippen molar-refractivity contribution in [1.82, 2.24) is 4.90 Å². The second-order valence-corrected chi connectivity index (χ2v) is 5.93. The number of rotatable bonds is 3. The SMILES string of the molecule is CCOC(=O)N1CCCC(C(=O)O)=C(c2ccc(Cl)c(Cl)c2)C1. The van der Waals surface area contributed by atoms with Crippen LogP contribution in [0.2, 0.25) is 10.0 Å². The Bertz CT molecular complexity index is 657. The van der Waals surface area contributed by atoms with E-state index in [0.717, 1.165) is 0 Å². The van der Waals surface area contributed by atoms with Crippen LogP contribution in [0.25, 0.3) is 5.57 Å². The van der Waals surface area contributed by atoms with Crippen molar-refractivity contribution >= 4 is 40.8 Å². The second kappa shape index (κ2) is 7.70. The maximum absolute atomic E-state index is 12.0. The predicted octanol–water partition coefficient (Wildman–Crippen LogP) is 4.08. The van der Waals surface area contributed by atoms with Crippen LogP contribution in [0, 0.1) is 0 Å². The molecular formula is C16H17Cl2NO4. The molecule has 124 valence electrons. The number of nitrogens with zero attached hydrogens (tertiary/aromatic N) is 1. The molecule has 0 bridgehead atoms. The summed E-state index contributed by atoms with van der Waals surface area (Å²) in [6.07, 6.45) is 0.489. The fraction of sp³-hybridized carbons (Fsp3) is 0.375. The number of carboxylic acid groups (broad SMARTS) is 1. The highest BCUT2D eigenvalue weighted by molar-refractivity contribution is 6.42. The van der Waals surface area contributed by atoms with Crippen molar-refractivity contribution in [3.63, 3.8) is 0 Å². The summed E-state index contributed by atoms with van der Waals surface area (Å²) in [5.41, 5.74) is 1.49. The highest BCUT2D eigenvalue weighted by atomic mass is 35.5. The molecule has 1 N–H and O–H groups in total. The van der Waals surface area contributed by atoms with Crippen LogP contribution in [-0.4, -0.2) is 41.8 Å². The maximum Gasteiger partial charge on any atom is 0.410 e. The summed E-state index contributed by atoms with van der Waals surface area (Å²) in [6, 6.07) is 4.95. The van der Waals surface area contributed by atoms with Crippen LogP contribution in [0.3, 0.4) is 0 Å². The summed E-state index contributed by atoms with van der Waals surface area (Å²) in [6.45, 7) is 2.61. The number of benzene rings is 1. The summed E-state index contributed by atoms with van der Waals surface area (Å²) in [5, 5.41) is 10.2. The lowest BCUT2D eigenvalue weighted by atomic mass is 9.98. The quantitative estimate of drug-likeness (QED) is 0.884. The van der Waals surface area contributed by atoms with E-state index in [2.05, 4.69) is 0 Å². The van der Waals surface area contributed by atoms with Crippen LogP contribution in [0.1, 0.15) is 25.3 Å². The average Bonchev–Trinajstić information content (AvgIpc) is 2.73. The van der Waals surface area contributed by atoms with E-state index in [-0.39, 0.29) is 18.7 Å². The zero-order chi connectivity index (χ0) is 17.0. The van der Waals surface area contributed by atoms with Crippen LogP contribution in [0.15, 0.2) is 23.8 Å². The molecule has 0 aliphatic carbocycles. The van der Waals surface area contributed by atoms with Crippen LogP contribution < -0.4 is 0 Å². The van der Waals surface area contributed by atoms with Gasteiger partial charge in [0.1, 0.15) is 0 Å². The van der Waals surface area contributed by atoms with E-state index in [0.29, 0.717) is 40.6 Å². The lowest BCUT2D eigenvalue weighted by Gasteiger charge is -2.21. The Labute approximate surface area is 144 Å². The number of ether oxygens (including phenoxy) is 1. The molecule has 1 aliphatic rings. The molecule has 0 aromatic heterocycles. The van der Waals surface area contributed by atoms with Crippen molar-refractivity contribution in [3.05, 3.63) is 39.4 Å². The molecule has 0 saturated carbocycles. The lowest BCUT2D eigenvalue weighted by Crippen LogP contribution is -2.33. The normalized spacial score (nSPS) is 15.3. The van der Waals surface area contributed by atoms with Gasteiger partial charge in [-0.05, 0) is 43.0 Å². The molecule has 2 rings (SSSR count). The number of aliphatic carboxylic acids is 1. The van der Waals surface area contributed by atoms with E-state index in [4.69, 9.17) is 27.9 Å². The molecule has 5 nitrogen and oxygen atoms in total. The molecule has 7 heteroatoms. The molecule has 1 amide bonds. The molecule has 0 fully saturated rings. The van der Waals surface area contributed by atoms with Gasteiger partial charge in [-0.25, -0.2) is 9.59 Å². The monoisotopic (exact) mass is 357 g/mol. The number of hydrogen-bond acceptors (Lipinski definition) is 3. The minimum absolute atomic E-state index is 0.165. The smallest absolute Gasteiger partial charge is 0.410 e. The first-order valence-corrected chi connectivity index (χ1v) is 8.02. The summed E-state index contributed by atoms with van der Waals surface area (Å²) < 4.78 is 5.03. The minimum atomic E-state index is -0.989. The van der Waals surface area contributed by atoms with E-state index in [1.807, 2.05) is 0 Å². The zero-order valence-electron chi connectivity index (χ0n) is 12.6. The number of carboxylic acids is 1. The Morgan fingerprint density at radius 1 is 1.30 bits per heavy atom. The van der Waals surface area contributed by atoms with Crippen LogP contribution >= 0.6 is 23.2 Å². The molecule has 0 spiro atoms. The fourth-order valence-corrected chi connectivity index (χ4v) is 2.82. The highest BCUT2D eigenvalue weighted by Gasteiger charge is 2.25. The van der Waals surface area contributed by atoms with E-state index in [9.17, 15) is 14.7 Å². The van der Waals surface area contributed by atoms with E-state index < -0.39 is 12.1 Å². The first-order chi connectivity index (χ1) is 10.9. The average molecular weight is 358 g/mol.